The van der Waals surface area contributed by atoms with Gasteiger partial charge in [-0.15, -0.1) is 0 Å². The number of nitrogens with one attached hydrogen (secondary N) is 2. The Morgan fingerprint density at radius 2 is 1.45 bits per heavy atom. The standard InChI is InChI=1S/C20H22BF3N2O3/c1-18(2)19(3,4)29-21(28-18)16-11-10-14(12-15(16)20(22,23)24)26-17(27)25-13-8-6-5-7-9-13/h5-12H,1-4H3,(H2,25,26,27). The largest absolute Gasteiger partial charge is 0.495 e. The van der Waals surface area contributed by atoms with Gasteiger partial charge in [-0.3, -0.25) is 0 Å². The Balaban J connectivity index is 1.85. The lowest BCUT2D eigenvalue weighted by atomic mass is 9.75. The van der Waals surface area contributed by atoms with Gasteiger partial charge in [0.1, 0.15) is 0 Å². The number of halogens is 3. The minimum absolute atomic E-state index is 0.00558. The minimum Gasteiger partial charge on any atom is -0.399 e. The van der Waals surface area contributed by atoms with Gasteiger partial charge >= 0.3 is 19.3 Å². The van der Waals surface area contributed by atoms with Gasteiger partial charge in [0.05, 0.1) is 16.8 Å². The second-order valence-electron chi connectivity index (χ2n) is 7.83. The van der Waals surface area contributed by atoms with Crippen molar-refractivity contribution in [1.29, 1.82) is 0 Å². The number of hydrogen-bond donors (Lipinski definition) is 2. The molecule has 1 saturated heterocycles. The number of alkyl halides is 3. The van der Waals surface area contributed by atoms with E-state index in [1.807, 2.05) is 0 Å². The van der Waals surface area contributed by atoms with Crippen molar-refractivity contribution < 1.29 is 27.3 Å². The van der Waals surface area contributed by atoms with Gasteiger partial charge in [0.15, 0.2) is 0 Å². The third kappa shape index (κ3) is 4.57. The number of amides is 2. The van der Waals surface area contributed by atoms with E-state index in [1.54, 1.807) is 58.0 Å². The fraction of sp³-hybridized carbons (Fsp3) is 0.350. The van der Waals surface area contributed by atoms with Gasteiger partial charge in [-0.1, -0.05) is 24.3 Å². The first-order valence-corrected chi connectivity index (χ1v) is 9.09. The van der Waals surface area contributed by atoms with Crippen molar-refractivity contribution in [3.05, 3.63) is 54.1 Å². The van der Waals surface area contributed by atoms with Crippen LogP contribution >= 0.6 is 0 Å². The highest BCUT2D eigenvalue weighted by molar-refractivity contribution is 6.62. The summed E-state index contributed by atoms with van der Waals surface area (Å²) in [6.07, 6.45) is -4.65. The van der Waals surface area contributed by atoms with E-state index in [0.717, 1.165) is 6.07 Å². The molecule has 0 spiro atoms. The molecular formula is C20H22BF3N2O3. The lowest BCUT2D eigenvalue weighted by Gasteiger charge is -2.32. The number of hydrogen-bond acceptors (Lipinski definition) is 3. The maximum Gasteiger partial charge on any atom is 0.495 e. The van der Waals surface area contributed by atoms with Crippen LogP contribution in [0.25, 0.3) is 0 Å². The summed E-state index contributed by atoms with van der Waals surface area (Å²) in [6.45, 7) is 7.07. The zero-order valence-corrected chi connectivity index (χ0v) is 16.6. The van der Waals surface area contributed by atoms with Crippen molar-refractivity contribution in [3.63, 3.8) is 0 Å². The molecule has 1 aliphatic heterocycles. The highest BCUT2D eigenvalue weighted by Crippen LogP contribution is 2.38. The number of anilines is 2. The molecule has 29 heavy (non-hydrogen) atoms. The highest BCUT2D eigenvalue weighted by atomic mass is 19.4. The van der Waals surface area contributed by atoms with E-state index in [9.17, 15) is 18.0 Å². The van der Waals surface area contributed by atoms with Crippen LogP contribution in [0.5, 0.6) is 0 Å². The van der Waals surface area contributed by atoms with Gasteiger partial charge in [0.25, 0.3) is 0 Å². The van der Waals surface area contributed by atoms with Crippen LogP contribution in [0.3, 0.4) is 0 Å². The second kappa shape index (κ2) is 7.38. The Bertz CT molecular complexity index is 886. The average molecular weight is 406 g/mol. The monoisotopic (exact) mass is 406 g/mol. The van der Waals surface area contributed by atoms with Gasteiger partial charge in [-0.05, 0) is 57.4 Å². The number of para-hydroxylation sites is 1. The molecule has 2 N–H and O–H groups in total. The molecule has 2 aromatic carbocycles. The van der Waals surface area contributed by atoms with Crippen LogP contribution < -0.4 is 16.1 Å². The number of carbonyl (C=O) groups is 1. The van der Waals surface area contributed by atoms with Gasteiger partial charge in [0, 0.05) is 11.4 Å². The zero-order chi connectivity index (χ0) is 21.4. The maximum atomic E-state index is 13.7. The van der Waals surface area contributed by atoms with Crippen LogP contribution in [0.2, 0.25) is 0 Å². The molecule has 1 aliphatic rings. The van der Waals surface area contributed by atoms with Crippen molar-refractivity contribution in [3.8, 4) is 0 Å². The van der Waals surface area contributed by atoms with E-state index in [-0.39, 0.29) is 11.2 Å². The van der Waals surface area contributed by atoms with E-state index >= 15 is 0 Å². The quantitative estimate of drug-likeness (QED) is 0.730. The lowest BCUT2D eigenvalue weighted by molar-refractivity contribution is -0.136. The van der Waals surface area contributed by atoms with Crippen LogP contribution in [0, 0.1) is 0 Å². The third-order valence-electron chi connectivity index (χ3n) is 5.16. The topological polar surface area (TPSA) is 59.6 Å². The minimum atomic E-state index is -4.65. The molecule has 0 aromatic heterocycles. The number of rotatable bonds is 3. The molecule has 0 radical (unpaired) electrons. The molecule has 9 heteroatoms. The first-order chi connectivity index (χ1) is 13.4. The van der Waals surface area contributed by atoms with E-state index in [1.165, 1.54) is 12.1 Å². The summed E-state index contributed by atoms with van der Waals surface area (Å²) in [6, 6.07) is 11.5. The average Bonchev–Trinajstić information content (AvgIpc) is 2.82. The van der Waals surface area contributed by atoms with E-state index in [0.29, 0.717) is 5.69 Å². The SMILES string of the molecule is CC1(C)OB(c2ccc(NC(=O)Nc3ccccc3)cc2C(F)(F)F)OC1(C)C. The molecule has 0 saturated carbocycles. The molecule has 2 amide bonds. The smallest absolute Gasteiger partial charge is 0.399 e. The summed E-state index contributed by atoms with van der Waals surface area (Å²) in [5.74, 6) is 0. The van der Waals surface area contributed by atoms with Gasteiger partial charge in [0.2, 0.25) is 0 Å². The summed E-state index contributed by atoms with van der Waals surface area (Å²) in [5.41, 5.74) is -2.07. The second-order valence-corrected chi connectivity index (χ2v) is 7.83. The molecule has 0 unspecified atom stereocenters. The van der Waals surface area contributed by atoms with Crippen molar-refractivity contribution in [2.45, 2.75) is 45.1 Å². The molecular weight excluding hydrogens is 384 g/mol. The molecule has 0 bridgehead atoms. The van der Waals surface area contributed by atoms with Gasteiger partial charge in [-0.2, -0.15) is 13.2 Å². The normalized spacial score (nSPS) is 17.8. The van der Waals surface area contributed by atoms with E-state index in [4.69, 9.17) is 9.31 Å². The summed E-state index contributed by atoms with van der Waals surface area (Å²) in [7, 11) is -1.16. The lowest BCUT2D eigenvalue weighted by Crippen LogP contribution is -2.41. The van der Waals surface area contributed by atoms with Crippen LogP contribution in [-0.4, -0.2) is 24.4 Å². The summed E-state index contributed by atoms with van der Waals surface area (Å²) in [4.78, 5) is 12.1. The maximum absolute atomic E-state index is 13.7. The first kappa shape index (κ1) is 21.2. The predicted octanol–water partition coefficient (Wildman–Crippen LogP) is 4.65. The number of urea groups is 1. The van der Waals surface area contributed by atoms with E-state index in [2.05, 4.69) is 10.6 Å². The Morgan fingerprint density at radius 3 is 2.00 bits per heavy atom. The summed E-state index contributed by atoms with van der Waals surface area (Å²) in [5, 5.41) is 4.98. The predicted molar refractivity (Wildman–Crippen MR) is 106 cm³/mol. The van der Waals surface area contributed by atoms with Crippen molar-refractivity contribution in [2.75, 3.05) is 10.6 Å². The van der Waals surface area contributed by atoms with Gasteiger partial charge < -0.3 is 19.9 Å². The van der Waals surface area contributed by atoms with Crippen LogP contribution in [-0.2, 0) is 15.5 Å². The molecule has 3 rings (SSSR count). The summed E-state index contributed by atoms with van der Waals surface area (Å²) >= 11 is 0. The van der Waals surface area contributed by atoms with Crippen LogP contribution in [0.1, 0.15) is 33.3 Å². The van der Waals surface area contributed by atoms with Crippen LogP contribution in [0.4, 0.5) is 29.3 Å². The van der Waals surface area contributed by atoms with Crippen molar-refractivity contribution in [1.82, 2.24) is 0 Å². The Kier molecular flexibility index (Phi) is 5.40. The van der Waals surface area contributed by atoms with Crippen molar-refractivity contribution in [2.24, 2.45) is 0 Å². The Labute approximate surface area is 167 Å². The Hall–Kier alpha value is -2.52. The number of carbonyl (C=O) groups excluding carboxylic acids is 1. The van der Waals surface area contributed by atoms with Crippen molar-refractivity contribution >= 4 is 30.0 Å². The Morgan fingerprint density at radius 1 is 0.897 bits per heavy atom. The van der Waals surface area contributed by atoms with Crippen LogP contribution in [0.15, 0.2) is 48.5 Å². The molecule has 0 aliphatic carbocycles. The molecule has 154 valence electrons. The fourth-order valence-corrected chi connectivity index (χ4v) is 2.87. The molecule has 5 nitrogen and oxygen atoms in total. The fourth-order valence-electron chi connectivity index (χ4n) is 2.87. The van der Waals surface area contributed by atoms with Gasteiger partial charge in [-0.25, -0.2) is 4.79 Å². The highest BCUT2D eigenvalue weighted by Gasteiger charge is 2.53. The molecule has 0 atom stereocenters. The molecule has 1 heterocycles. The number of benzene rings is 2. The molecule has 1 fully saturated rings. The third-order valence-corrected chi connectivity index (χ3v) is 5.16. The molecule has 2 aromatic rings. The van der Waals surface area contributed by atoms with E-state index < -0.39 is 36.1 Å². The summed E-state index contributed by atoms with van der Waals surface area (Å²) < 4.78 is 52.7. The zero-order valence-electron chi connectivity index (χ0n) is 16.6. The first-order valence-electron chi connectivity index (χ1n) is 9.09.